The second-order valence-electron chi connectivity index (χ2n) is 6.36. The number of ether oxygens (including phenoxy) is 1. The number of esters is 1. The van der Waals surface area contributed by atoms with Crippen molar-refractivity contribution in [3.63, 3.8) is 0 Å². The van der Waals surface area contributed by atoms with Crippen molar-refractivity contribution < 1.29 is 18.7 Å². The standard InChI is InChI=1S/C21H20N4O4S/c1-2-28-19(26)17-15(23-20(27)24-18(17)16-9-6-12-29-16)13-30-21-22-10-11-25(21)14-7-4-3-5-8-14/h3-12,18H,2,13H2,1H3,(H2,23,24,27)/t18-/m1/s1. The molecule has 8 nitrogen and oxygen atoms in total. The van der Waals surface area contributed by atoms with Crippen LogP contribution >= 0.6 is 11.8 Å². The van der Waals surface area contributed by atoms with Crippen LogP contribution in [0.15, 0.2) is 82.0 Å². The number of imidazole rings is 1. The van der Waals surface area contributed by atoms with Gasteiger partial charge in [0.05, 0.1) is 18.4 Å². The normalized spacial score (nSPS) is 16.2. The predicted molar refractivity (Wildman–Crippen MR) is 111 cm³/mol. The number of carbonyl (C=O) groups is 2. The van der Waals surface area contributed by atoms with E-state index in [0.717, 1.165) is 10.8 Å². The van der Waals surface area contributed by atoms with Crippen molar-refractivity contribution in [2.75, 3.05) is 12.4 Å². The van der Waals surface area contributed by atoms with Gasteiger partial charge in [0.25, 0.3) is 0 Å². The van der Waals surface area contributed by atoms with Crippen LogP contribution in [0.4, 0.5) is 4.79 Å². The van der Waals surface area contributed by atoms with Crippen LogP contribution in [0.25, 0.3) is 5.69 Å². The molecule has 0 fully saturated rings. The second kappa shape index (κ2) is 8.91. The van der Waals surface area contributed by atoms with Gasteiger partial charge in [0, 0.05) is 29.5 Å². The maximum Gasteiger partial charge on any atom is 0.338 e. The lowest BCUT2D eigenvalue weighted by atomic mass is 10.0. The van der Waals surface area contributed by atoms with Crippen LogP contribution in [0, 0.1) is 0 Å². The molecular weight excluding hydrogens is 404 g/mol. The summed E-state index contributed by atoms with van der Waals surface area (Å²) in [5.41, 5.74) is 1.75. The molecule has 1 aromatic carbocycles. The molecule has 0 spiro atoms. The Kier molecular flexibility index (Phi) is 5.89. The van der Waals surface area contributed by atoms with Gasteiger partial charge in [-0.05, 0) is 31.2 Å². The van der Waals surface area contributed by atoms with E-state index in [0.29, 0.717) is 22.8 Å². The van der Waals surface area contributed by atoms with E-state index in [4.69, 9.17) is 9.15 Å². The molecular formula is C21H20N4O4S. The van der Waals surface area contributed by atoms with E-state index in [1.54, 1.807) is 25.3 Å². The minimum atomic E-state index is -0.725. The summed E-state index contributed by atoms with van der Waals surface area (Å²) in [6, 6.07) is 12.1. The number of benzene rings is 1. The van der Waals surface area contributed by atoms with Crippen LogP contribution in [0.2, 0.25) is 0 Å². The first-order valence-corrected chi connectivity index (χ1v) is 10.4. The third kappa shape index (κ3) is 4.11. The highest BCUT2D eigenvalue weighted by atomic mass is 32.2. The Labute approximate surface area is 177 Å². The van der Waals surface area contributed by atoms with Crippen LogP contribution in [0.3, 0.4) is 0 Å². The van der Waals surface area contributed by atoms with Gasteiger partial charge in [0.2, 0.25) is 0 Å². The molecule has 0 aliphatic carbocycles. The molecule has 0 saturated carbocycles. The highest BCUT2D eigenvalue weighted by Crippen LogP contribution is 2.31. The van der Waals surface area contributed by atoms with Crippen molar-refractivity contribution in [3.8, 4) is 5.69 Å². The van der Waals surface area contributed by atoms with E-state index in [2.05, 4.69) is 15.6 Å². The number of rotatable bonds is 7. The van der Waals surface area contributed by atoms with Gasteiger partial charge < -0.3 is 19.8 Å². The lowest BCUT2D eigenvalue weighted by Crippen LogP contribution is -2.46. The van der Waals surface area contributed by atoms with Crippen LogP contribution in [-0.4, -0.2) is 33.9 Å². The number of nitrogens with zero attached hydrogens (tertiary/aromatic N) is 2. The van der Waals surface area contributed by atoms with Crippen molar-refractivity contribution in [1.29, 1.82) is 0 Å². The molecule has 0 unspecified atom stereocenters. The number of para-hydroxylation sites is 1. The molecule has 1 aliphatic rings. The third-order valence-electron chi connectivity index (χ3n) is 4.46. The summed E-state index contributed by atoms with van der Waals surface area (Å²) in [6.07, 6.45) is 5.07. The van der Waals surface area contributed by atoms with Gasteiger partial charge in [-0.1, -0.05) is 30.0 Å². The Morgan fingerprint density at radius 3 is 2.83 bits per heavy atom. The molecule has 0 saturated heterocycles. The monoisotopic (exact) mass is 424 g/mol. The van der Waals surface area contributed by atoms with Crippen LogP contribution in [0.1, 0.15) is 18.7 Å². The number of aromatic nitrogens is 2. The summed E-state index contributed by atoms with van der Waals surface area (Å²) in [6.45, 7) is 1.96. The lowest BCUT2D eigenvalue weighted by Gasteiger charge is -2.27. The molecule has 4 rings (SSSR count). The van der Waals surface area contributed by atoms with Gasteiger partial charge in [0.15, 0.2) is 5.16 Å². The first-order valence-electron chi connectivity index (χ1n) is 9.40. The number of hydrogen-bond donors (Lipinski definition) is 2. The zero-order valence-corrected chi connectivity index (χ0v) is 17.0. The molecule has 1 atom stereocenters. The largest absolute Gasteiger partial charge is 0.467 e. The first-order chi connectivity index (χ1) is 14.7. The van der Waals surface area contributed by atoms with Crippen molar-refractivity contribution in [3.05, 3.63) is 78.2 Å². The fraction of sp³-hybridized carbons (Fsp3) is 0.190. The number of amides is 2. The van der Waals surface area contributed by atoms with E-state index in [1.165, 1.54) is 18.0 Å². The fourth-order valence-corrected chi connectivity index (χ4v) is 4.11. The first kappa shape index (κ1) is 19.8. The Balaban J connectivity index is 1.65. The van der Waals surface area contributed by atoms with Crippen molar-refractivity contribution in [2.24, 2.45) is 0 Å². The average molecular weight is 424 g/mol. The molecule has 2 amide bonds. The fourth-order valence-electron chi connectivity index (χ4n) is 3.17. The SMILES string of the molecule is CCOC(=O)C1=C(CSc2nccn2-c2ccccc2)NC(=O)N[C@@H]1c1ccco1. The molecule has 154 valence electrons. The lowest BCUT2D eigenvalue weighted by molar-refractivity contribution is -0.139. The summed E-state index contributed by atoms with van der Waals surface area (Å²) in [5.74, 6) is 0.275. The van der Waals surface area contributed by atoms with Crippen molar-refractivity contribution >= 4 is 23.8 Å². The molecule has 0 radical (unpaired) electrons. The van der Waals surface area contributed by atoms with E-state index < -0.39 is 18.0 Å². The zero-order chi connectivity index (χ0) is 20.9. The maximum absolute atomic E-state index is 12.7. The molecule has 0 bridgehead atoms. The number of hydrogen-bond acceptors (Lipinski definition) is 6. The highest BCUT2D eigenvalue weighted by molar-refractivity contribution is 7.99. The Morgan fingerprint density at radius 1 is 1.27 bits per heavy atom. The average Bonchev–Trinajstić information content (AvgIpc) is 3.44. The Bertz CT molecular complexity index is 1060. The van der Waals surface area contributed by atoms with E-state index in [9.17, 15) is 9.59 Å². The summed E-state index contributed by atoms with van der Waals surface area (Å²) in [4.78, 5) is 29.4. The minimum absolute atomic E-state index is 0.222. The molecule has 2 N–H and O–H groups in total. The van der Waals surface area contributed by atoms with E-state index in [-0.39, 0.29) is 6.61 Å². The zero-order valence-electron chi connectivity index (χ0n) is 16.2. The van der Waals surface area contributed by atoms with Gasteiger partial charge in [-0.3, -0.25) is 4.57 Å². The number of nitrogens with one attached hydrogen (secondary N) is 2. The van der Waals surface area contributed by atoms with Gasteiger partial charge in [-0.25, -0.2) is 14.6 Å². The number of furan rings is 1. The maximum atomic E-state index is 12.7. The summed E-state index contributed by atoms with van der Waals surface area (Å²) in [5, 5.41) is 6.22. The van der Waals surface area contributed by atoms with Crippen molar-refractivity contribution in [2.45, 2.75) is 18.1 Å². The molecule has 2 aromatic heterocycles. The molecule has 1 aliphatic heterocycles. The van der Waals surface area contributed by atoms with E-state index >= 15 is 0 Å². The van der Waals surface area contributed by atoms with Gasteiger partial charge >= 0.3 is 12.0 Å². The summed E-state index contributed by atoms with van der Waals surface area (Å²) < 4.78 is 12.6. The molecule has 9 heteroatoms. The summed E-state index contributed by atoms with van der Waals surface area (Å²) >= 11 is 1.41. The van der Waals surface area contributed by atoms with Crippen molar-refractivity contribution in [1.82, 2.24) is 20.2 Å². The van der Waals surface area contributed by atoms with Gasteiger partial charge in [0.1, 0.15) is 11.8 Å². The van der Waals surface area contributed by atoms with Crippen LogP contribution in [0.5, 0.6) is 0 Å². The Hall–Kier alpha value is -3.46. The quantitative estimate of drug-likeness (QED) is 0.445. The topological polar surface area (TPSA) is 98.4 Å². The molecule has 3 heterocycles. The Morgan fingerprint density at radius 2 is 2.10 bits per heavy atom. The second-order valence-corrected chi connectivity index (χ2v) is 7.31. The smallest absolute Gasteiger partial charge is 0.338 e. The number of urea groups is 1. The molecule has 3 aromatic rings. The predicted octanol–water partition coefficient (Wildman–Crippen LogP) is 3.43. The van der Waals surface area contributed by atoms with Crippen LogP contribution in [-0.2, 0) is 9.53 Å². The summed E-state index contributed by atoms with van der Waals surface area (Å²) in [7, 11) is 0. The highest BCUT2D eigenvalue weighted by Gasteiger charge is 2.35. The van der Waals surface area contributed by atoms with Gasteiger partial charge in [-0.2, -0.15) is 0 Å². The minimum Gasteiger partial charge on any atom is -0.467 e. The van der Waals surface area contributed by atoms with Crippen LogP contribution < -0.4 is 10.6 Å². The number of carbonyl (C=O) groups excluding carboxylic acids is 2. The molecule has 30 heavy (non-hydrogen) atoms. The van der Waals surface area contributed by atoms with E-state index in [1.807, 2.05) is 41.1 Å². The number of thioether (sulfide) groups is 1. The third-order valence-corrected chi connectivity index (χ3v) is 5.46. The van der Waals surface area contributed by atoms with Gasteiger partial charge in [-0.15, -0.1) is 0 Å².